The van der Waals surface area contributed by atoms with Gasteiger partial charge in [-0.15, -0.1) is 0 Å². The Balaban J connectivity index is 1.29. The maximum absolute atomic E-state index is 14.0. The number of esters is 1. The third-order valence-electron chi connectivity index (χ3n) is 11.1. The first-order valence-corrected chi connectivity index (χ1v) is 29.6. The van der Waals surface area contributed by atoms with Gasteiger partial charge in [-0.3, -0.25) is 32.7 Å². The number of H-pyrrole nitrogens is 1. The highest BCUT2D eigenvalue weighted by atomic mass is 79.9. The number of nitrogens with one attached hydrogen (secondary N) is 1. The highest BCUT2D eigenvalue weighted by molar-refractivity contribution is 9.11. The number of carbonyl (C=O) groups is 2. The molecule has 402 valence electrons. The van der Waals surface area contributed by atoms with Crippen LogP contribution in [0.2, 0.25) is 0 Å². The number of aromatic nitrogens is 2. The number of phosphoric acid groups is 3. The maximum atomic E-state index is 14.0. The van der Waals surface area contributed by atoms with Crippen molar-refractivity contribution in [1.29, 1.82) is 0 Å². The van der Waals surface area contributed by atoms with Crippen LogP contribution < -0.4 is 20.7 Å². The second-order valence-corrected chi connectivity index (χ2v) is 22.4. The Bertz CT molecular complexity index is 2420. The van der Waals surface area contributed by atoms with Crippen molar-refractivity contribution in [2.45, 2.75) is 161 Å². The summed E-state index contributed by atoms with van der Waals surface area (Å²) in [6.45, 7) is 2.23. The van der Waals surface area contributed by atoms with E-state index in [4.69, 9.17) is 36.8 Å². The van der Waals surface area contributed by atoms with Crippen molar-refractivity contribution in [3.63, 3.8) is 0 Å². The van der Waals surface area contributed by atoms with Crippen molar-refractivity contribution in [3.8, 4) is 11.5 Å². The summed E-state index contributed by atoms with van der Waals surface area (Å²) in [5.41, 5.74) is -0.931. The molecule has 1 aliphatic heterocycles. The quantitative estimate of drug-likeness (QED) is 0.0140. The summed E-state index contributed by atoms with van der Waals surface area (Å²) in [6.07, 6.45) is 15.8. The molecule has 0 bridgehead atoms. The molecule has 2 heterocycles. The van der Waals surface area contributed by atoms with Gasteiger partial charge in [0.05, 0.1) is 38.1 Å². The summed E-state index contributed by atoms with van der Waals surface area (Å²) >= 11 is 3.04. The highest BCUT2D eigenvalue weighted by Crippen LogP contribution is 2.69. The molecule has 0 aliphatic carbocycles. The molecule has 0 saturated carbocycles. The molecule has 21 nitrogen and oxygen atoms in total. The normalized spacial score (nSPS) is 18.3. The number of phosphoric ester groups is 2. The van der Waals surface area contributed by atoms with E-state index in [1.165, 1.54) is 130 Å². The Kier molecular flexibility index (Phi) is 27.1. The number of aliphatic hydroxyl groups is 1. The number of benzene rings is 2. The summed E-state index contributed by atoms with van der Waals surface area (Å²) in [6, 6.07) is 11.4. The molecule has 2 aromatic carbocycles. The van der Waals surface area contributed by atoms with Gasteiger partial charge in [-0.05, 0) is 59.3 Å². The van der Waals surface area contributed by atoms with Gasteiger partial charge in [0.1, 0.15) is 23.8 Å². The van der Waals surface area contributed by atoms with E-state index in [0.717, 1.165) is 30.3 Å². The monoisotopic (exact) mass is 1140 g/mol. The summed E-state index contributed by atoms with van der Waals surface area (Å²) in [5.74, 6) is -0.122. The molecular formula is C47H68BrN2O19P3. The van der Waals surface area contributed by atoms with Gasteiger partial charge >= 0.3 is 41.3 Å². The molecule has 0 radical (unpaired) electrons. The third kappa shape index (κ3) is 23.3. The van der Waals surface area contributed by atoms with E-state index in [2.05, 4.69) is 32.1 Å². The van der Waals surface area contributed by atoms with Crippen molar-refractivity contribution in [3.05, 3.63) is 97.2 Å². The molecule has 1 aliphatic rings. The minimum absolute atomic E-state index is 0.0617. The summed E-state index contributed by atoms with van der Waals surface area (Å²) in [5, 5.41) is 10.6. The molecule has 25 heteroatoms. The summed E-state index contributed by atoms with van der Waals surface area (Å²) in [4.78, 5) is 73.5. The zero-order chi connectivity index (χ0) is 52.4. The van der Waals surface area contributed by atoms with Crippen molar-refractivity contribution in [2.24, 2.45) is 0 Å². The predicted molar refractivity (Wildman–Crippen MR) is 269 cm³/mol. The summed E-state index contributed by atoms with van der Waals surface area (Å²) < 4.78 is 87.3. The van der Waals surface area contributed by atoms with Crippen LogP contribution in [0.5, 0.6) is 11.5 Å². The van der Waals surface area contributed by atoms with Gasteiger partial charge in [0.2, 0.25) is 0 Å². The smallest absolute Gasteiger partial charge is 0.434 e. The van der Waals surface area contributed by atoms with Crippen molar-refractivity contribution >= 4 is 57.6 Å². The van der Waals surface area contributed by atoms with E-state index in [1.54, 1.807) is 0 Å². The fourth-order valence-corrected chi connectivity index (χ4v) is 11.5. The van der Waals surface area contributed by atoms with Crippen LogP contribution in [0.3, 0.4) is 0 Å². The fraction of sp³-hybridized carbons (Fsp3) is 0.574. The predicted octanol–water partition coefficient (Wildman–Crippen LogP) is 11.4. The van der Waals surface area contributed by atoms with Gasteiger partial charge in [-0.2, -0.15) is 8.62 Å². The average molecular weight is 1140 g/mol. The van der Waals surface area contributed by atoms with Crippen LogP contribution in [-0.4, -0.2) is 62.0 Å². The lowest BCUT2D eigenvalue weighted by molar-refractivity contribution is -0.134. The first kappa shape index (κ1) is 61.0. The number of ether oxygens (including phenoxy) is 4. The van der Waals surface area contributed by atoms with Crippen LogP contribution in [0, 0.1) is 0 Å². The Labute approximate surface area is 427 Å². The molecule has 3 aromatic rings. The summed E-state index contributed by atoms with van der Waals surface area (Å²) in [7, 11) is -16.7. The first-order valence-electron chi connectivity index (χ1n) is 24.2. The lowest BCUT2D eigenvalue weighted by Crippen LogP contribution is -2.33. The molecule has 3 unspecified atom stereocenters. The minimum atomic E-state index is -5.90. The number of unbranched alkanes of at least 4 members (excludes halogenated alkanes) is 14. The van der Waals surface area contributed by atoms with Crippen LogP contribution >= 0.6 is 39.4 Å². The molecule has 0 amide bonds. The molecule has 4 N–H and O–H groups in total. The van der Waals surface area contributed by atoms with Crippen LogP contribution in [0.15, 0.2) is 69.3 Å². The van der Waals surface area contributed by atoms with Crippen LogP contribution in [0.25, 0.3) is 6.08 Å². The average Bonchev–Trinajstić information content (AvgIpc) is 3.71. The highest BCUT2D eigenvalue weighted by Gasteiger charge is 2.45. The molecule has 72 heavy (non-hydrogen) atoms. The van der Waals surface area contributed by atoms with Gasteiger partial charge in [-0.25, -0.2) is 23.3 Å². The van der Waals surface area contributed by atoms with E-state index in [1.807, 2.05) is 6.92 Å². The van der Waals surface area contributed by atoms with Crippen LogP contribution in [-0.2, 0) is 63.4 Å². The number of carbonyl (C=O) groups excluding carboxylic acids is 2. The molecule has 1 fully saturated rings. The SMILES string of the molecule is CCCCCCCCCCCCCCCCOC(=O)Oc1ccc(COP(=O)(OCc2ccc(OC(=O)CCCC)cc2)OP(=O)(O)OP(=O)(O)OC[C@H]2O[C@@H](n3cc(/C=C/Br)c(=O)[nH]c3=O)C[C@@H]2O)cc1. The van der Waals surface area contributed by atoms with Gasteiger partial charge in [-0.1, -0.05) is 144 Å². The van der Waals surface area contributed by atoms with Crippen LogP contribution in [0.4, 0.5) is 4.79 Å². The Morgan fingerprint density at radius 3 is 1.81 bits per heavy atom. The van der Waals surface area contributed by atoms with Gasteiger partial charge in [0.25, 0.3) is 5.56 Å². The molecule has 4 rings (SSSR count). The second kappa shape index (κ2) is 32.0. The van der Waals surface area contributed by atoms with Crippen molar-refractivity contribution in [1.82, 2.24) is 9.55 Å². The number of hydrogen-bond acceptors (Lipinski definition) is 17. The third-order valence-corrected chi connectivity index (χ3v) is 16.0. The van der Waals surface area contributed by atoms with E-state index in [-0.39, 0.29) is 42.1 Å². The Morgan fingerprint density at radius 2 is 1.26 bits per heavy atom. The van der Waals surface area contributed by atoms with Gasteiger partial charge in [0.15, 0.2) is 0 Å². The van der Waals surface area contributed by atoms with E-state index < -0.39 is 85.1 Å². The van der Waals surface area contributed by atoms with Crippen molar-refractivity contribution in [2.75, 3.05) is 13.2 Å². The number of nitrogens with zero attached hydrogens (tertiary/aromatic N) is 1. The second-order valence-electron chi connectivity index (χ2n) is 17.0. The number of halogens is 1. The van der Waals surface area contributed by atoms with E-state index in [9.17, 15) is 47.8 Å². The number of aromatic amines is 1. The lowest BCUT2D eigenvalue weighted by atomic mass is 10.0. The lowest BCUT2D eigenvalue weighted by Gasteiger charge is -2.22. The molecule has 0 spiro atoms. The van der Waals surface area contributed by atoms with Gasteiger partial charge < -0.3 is 33.8 Å². The largest absolute Gasteiger partial charge is 0.513 e. The number of aliphatic hydroxyl groups excluding tert-OH is 1. The van der Waals surface area contributed by atoms with Gasteiger partial charge in [0, 0.05) is 19.0 Å². The first-order chi connectivity index (χ1) is 34.4. The zero-order valence-electron chi connectivity index (χ0n) is 40.7. The fourth-order valence-electron chi connectivity index (χ4n) is 7.18. The topological polar surface area (TPSA) is 284 Å². The van der Waals surface area contributed by atoms with Crippen LogP contribution in [0.1, 0.15) is 152 Å². The zero-order valence-corrected chi connectivity index (χ0v) is 44.9. The minimum Gasteiger partial charge on any atom is -0.434 e. The Morgan fingerprint density at radius 1 is 0.736 bits per heavy atom. The standard InChI is InChI=1S/C47H68BrN2O19P3/c1-3-5-7-8-9-10-11-12-13-14-15-16-17-18-30-61-47(55)66-40-26-22-37(23-27-40)34-64-72(60,63-33-36-20-24-39(25-21-36)65-44(52)19-6-4-2)69-71(58,59)68-70(56,57)62-35-42-41(51)31-43(67-42)50-32-38(28-29-48)45(53)49-46(50)54/h20-29,32,41-43,51H,3-19,30-31,33-35H2,1-2H3,(H,56,57)(H,58,59)(H,49,53,54)/b29-28+/t41-,42+,43+,72?/m0/s1. The molecule has 6 atom stereocenters. The molecular weight excluding hydrogens is 1070 g/mol. The number of rotatable bonds is 35. The molecule has 1 aromatic heterocycles. The Hall–Kier alpha value is -3.59. The number of hydrogen-bond donors (Lipinski definition) is 4. The molecule has 1 saturated heterocycles. The van der Waals surface area contributed by atoms with E-state index >= 15 is 0 Å². The van der Waals surface area contributed by atoms with E-state index in [0.29, 0.717) is 18.4 Å². The van der Waals surface area contributed by atoms with Crippen molar-refractivity contribution < 1.29 is 79.3 Å². The maximum Gasteiger partial charge on any atom is 0.513 e.